The van der Waals surface area contributed by atoms with Crippen molar-refractivity contribution in [1.29, 1.82) is 0 Å². The summed E-state index contributed by atoms with van der Waals surface area (Å²) < 4.78 is 0. The first kappa shape index (κ1) is 8.36. The second-order valence-electron chi connectivity index (χ2n) is 1.74. The molecule has 3 nitrogen and oxygen atoms in total. The molecule has 0 aliphatic carbocycles. The first-order valence-corrected chi connectivity index (χ1v) is 3.06. The number of carbonyl (C=O) groups is 1. The third-order valence-corrected chi connectivity index (χ3v) is 0.921. The van der Waals surface area contributed by atoms with Gasteiger partial charge in [0.2, 0.25) is 0 Å². The normalized spacial score (nSPS) is 8.56. The van der Waals surface area contributed by atoms with Crippen molar-refractivity contribution in [1.82, 2.24) is 5.32 Å². The molecule has 0 aromatic carbocycles. The van der Waals surface area contributed by atoms with Crippen LogP contribution in [-0.4, -0.2) is 17.4 Å². The van der Waals surface area contributed by atoms with Crippen molar-refractivity contribution >= 4 is 23.1 Å². The quantitative estimate of drug-likeness (QED) is 0.541. The molecule has 0 bridgehead atoms. The van der Waals surface area contributed by atoms with Gasteiger partial charge in [-0.25, -0.2) is 0 Å². The van der Waals surface area contributed by atoms with Gasteiger partial charge in [-0.05, 0) is 19.1 Å². The maximum Gasteiger partial charge on any atom is 0.163 e. The predicted molar refractivity (Wildman–Crippen MR) is 40.1 cm³/mol. The molecule has 0 unspecified atom stereocenters. The van der Waals surface area contributed by atoms with E-state index in [2.05, 4.69) is 17.5 Å². The minimum Gasteiger partial charge on any atom is -0.376 e. The van der Waals surface area contributed by atoms with Gasteiger partial charge in [-0.2, -0.15) is 0 Å². The van der Waals surface area contributed by atoms with E-state index in [4.69, 9.17) is 5.73 Å². The van der Waals surface area contributed by atoms with Crippen LogP contribution in [0.25, 0.3) is 0 Å². The molecule has 0 saturated heterocycles. The minimum absolute atomic E-state index is 0.138. The molecule has 0 heterocycles. The van der Waals surface area contributed by atoms with Crippen LogP contribution in [0.5, 0.6) is 0 Å². The van der Waals surface area contributed by atoms with Gasteiger partial charge >= 0.3 is 0 Å². The molecule has 0 radical (unpaired) electrons. The molecule has 9 heavy (non-hydrogen) atoms. The van der Waals surface area contributed by atoms with Crippen molar-refractivity contribution in [3.05, 3.63) is 0 Å². The van der Waals surface area contributed by atoms with Crippen molar-refractivity contribution in [3.8, 4) is 0 Å². The van der Waals surface area contributed by atoms with Crippen molar-refractivity contribution in [3.63, 3.8) is 0 Å². The Balaban J connectivity index is 3.10. The predicted octanol–water partition coefficient (Wildman–Crippen LogP) is -0.201. The molecule has 0 amide bonds. The molecule has 0 atom stereocenters. The lowest BCUT2D eigenvalue weighted by atomic mass is 10.3. The van der Waals surface area contributed by atoms with Crippen molar-refractivity contribution in [2.24, 2.45) is 5.73 Å². The lowest BCUT2D eigenvalue weighted by molar-refractivity contribution is -0.116. The average Bonchev–Trinajstić information content (AvgIpc) is 1.63. The lowest BCUT2D eigenvalue weighted by Crippen LogP contribution is -2.30. The Morgan fingerprint density at radius 1 is 1.78 bits per heavy atom. The van der Waals surface area contributed by atoms with E-state index >= 15 is 0 Å². The number of thiocarbonyl (C=S) groups is 1. The lowest BCUT2D eigenvalue weighted by Gasteiger charge is -1.98. The van der Waals surface area contributed by atoms with Gasteiger partial charge in [0.1, 0.15) is 5.78 Å². The zero-order chi connectivity index (χ0) is 7.28. The molecule has 4 heteroatoms. The highest BCUT2D eigenvalue weighted by molar-refractivity contribution is 7.80. The molecule has 52 valence electrons. The second kappa shape index (κ2) is 4.26. The van der Waals surface area contributed by atoms with E-state index in [0.717, 1.165) is 0 Å². The molecule has 3 N–H and O–H groups in total. The summed E-state index contributed by atoms with van der Waals surface area (Å²) in [5.74, 6) is 0.138. The van der Waals surface area contributed by atoms with Crippen molar-refractivity contribution in [2.45, 2.75) is 13.3 Å². The van der Waals surface area contributed by atoms with Gasteiger partial charge in [0.15, 0.2) is 5.11 Å². The first-order chi connectivity index (χ1) is 4.13. The Hall–Kier alpha value is -0.640. The molecule has 0 aromatic heterocycles. The molecule has 0 aliphatic heterocycles. The van der Waals surface area contributed by atoms with Gasteiger partial charge in [0.05, 0.1) is 0 Å². The number of nitrogens with two attached hydrogens (primary N) is 1. The number of rotatable bonds is 3. The van der Waals surface area contributed by atoms with Crippen LogP contribution in [0.1, 0.15) is 13.3 Å². The van der Waals surface area contributed by atoms with E-state index in [-0.39, 0.29) is 10.9 Å². The number of nitrogens with one attached hydrogen (secondary N) is 1. The first-order valence-electron chi connectivity index (χ1n) is 2.65. The number of hydrogen-bond acceptors (Lipinski definition) is 2. The Kier molecular flexibility index (Phi) is 3.96. The van der Waals surface area contributed by atoms with Gasteiger partial charge in [-0.3, -0.25) is 4.79 Å². The molecular formula is C5H10N2OS. The highest BCUT2D eigenvalue weighted by atomic mass is 32.1. The number of hydrogen-bond donors (Lipinski definition) is 2. The molecule has 0 aromatic rings. The van der Waals surface area contributed by atoms with Crippen LogP contribution >= 0.6 is 12.2 Å². The number of carbonyl (C=O) groups excluding carboxylic acids is 1. The van der Waals surface area contributed by atoms with Gasteiger partial charge in [0.25, 0.3) is 0 Å². The van der Waals surface area contributed by atoms with E-state index in [1.807, 2.05) is 0 Å². The smallest absolute Gasteiger partial charge is 0.163 e. The number of ketones is 1. The van der Waals surface area contributed by atoms with E-state index in [1.165, 1.54) is 6.92 Å². The van der Waals surface area contributed by atoms with Crippen LogP contribution in [0, 0.1) is 0 Å². The summed E-state index contributed by atoms with van der Waals surface area (Å²) in [6.07, 6.45) is 0.483. The molecule has 0 aliphatic rings. The summed E-state index contributed by atoms with van der Waals surface area (Å²) in [6, 6.07) is 0. The largest absolute Gasteiger partial charge is 0.376 e. The van der Waals surface area contributed by atoms with E-state index in [9.17, 15) is 4.79 Å². The molecule has 0 spiro atoms. The van der Waals surface area contributed by atoms with Crippen LogP contribution in [0.2, 0.25) is 0 Å². The van der Waals surface area contributed by atoms with Gasteiger partial charge < -0.3 is 11.1 Å². The van der Waals surface area contributed by atoms with Crippen LogP contribution in [0.15, 0.2) is 0 Å². The summed E-state index contributed by atoms with van der Waals surface area (Å²) >= 11 is 4.50. The van der Waals surface area contributed by atoms with E-state index in [0.29, 0.717) is 13.0 Å². The Morgan fingerprint density at radius 3 is 2.67 bits per heavy atom. The fourth-order valence-electron chi connectivity index (χ4n) is 0.362. The molecule has 0 rings (SSSR count). The summed E-state index contributed by atoms with van der Waals surface area (Å²) in [4.78, 5) is 10.3. The minimum atomic E-state index is 0.138. The van der Waals surface area contributed by atoms with Crippen LogP contribution < -0.4 is 11.1 Å². The van der Waals surface area contributed by atoms with Crippen molar-refractivity contribution < 1.29 is 4.79 Å². The molecular weight excluding hydrogens is 136 g/mol. The monoisotopic (exact) mass is 146 g/mol. The summed E-state index contributed by atoms with van der Waals surface area (Å²) in [6.45, 7) is 2.08. The van der Waals surface area contributed by atoms with Crippen LogP contribution in [0.4, 0.5) is 0 Å². The molecule has 0 fully saturated rings. The van der Waals surface area contributed by atoms with Gasteiger partial charge in [-0.15, -0.1) is 0 Å². The Labute approximate surface area is 59.6 Å². The SMILES string of the molecule is CC(=O)CCNC(N)=S. The third kappa shape index (κ3) is 7.36. The molecule has 0 saturated carbocycles. The van der Waals surface area contributed by atoms with Gasteiger partial charge in [-0.1, -0.05) is 0 Å². The standard InChI is InChI=1S/C5H10N2OS/c1-4(8)2-3-7-5(6)9/h2-3H2,1H3,(H3,6,7,9). The third-order valence-electron chi connectivity index (χ3n) is 0.776. The van der Waals surface area contributed by atoms with Crippen LogP contribution in [0.3, 0.4) is 0 Å². The second-order valence-corrected chi connectivity index (χ2v) is 2.18. The number of Topliss-reactive ketones (excluding diaryl/α,β-unsaturated/α-hetero) is 1. The summed E-state index contributed by atoms with van der Waals surface area (Å²) in [7, 11) is 0. The van der Waals surface area contributed by atoms with E-state index in [1.54, 1.807) is 0 Å². The highest BCUT2D eigenvalue weighted by Gasteiger charge is 1.91. The van der Waals surface area contributed by atoms with Crippen LogP contribution in [-0.2, 0) is 4.79 Å². The highest BCUT2D eigenvalue weighted by Crippen LogP contribution is 1.76. The summed E-state index contributed by atoms with van der Waals surface area (Å²) in [5, 5.41) is 2.91. The fourth-order valence-corrected chi connectivity index (χ4v) is 0.464. The average molecular weight is 146 g/mol. The van der Waals surface area contributed by atoms with Gasteiger partial charge in [0, 0.05) is 13.0 Å². The zero-order valence-corrected chi connectivity index (χ0v) is 6.12. The topological polar surface area (TPSA) is 55.1 Å². The Morgan fingerprint density at radius 2 is 2.33 bits per heavy atom. The maximum atomic E-state index is 10.3. The zero-order valence-electron chi connectivity index (χ0n) is 5.31. The maximum absolute atomic E-state index is 10.3. The van der Waals surface area contributed by atoms with Crippen molar-refractivity contribution in [2.75, 3.05) is 6.54 Å². The Bertz CT molecular complexity index is 110. The fraction of sp³-hybridized carbons (Fsp3) is 0.600. The summed E-state index contributed by atoms with van der Waals surface area (Å²) in [5.41, 5.74) is 5.09. The van der Waals surface area contributed by atoms with E-state index < -0.39 is 0 Å².